The Labute approximate surface area is 156 Å². The smallest absolute Gasteiger partial charge is 0.229 e. The first-order chi connectivity index (χ1) is 12.1. The molecule has 1 aromatic heterocycles. The Bertz CT molecular complexity index is 884. The Morgan fingerprint density at radius 1 is 1.12 bits per heavy atom. The van der Waals surface area contributed by atoms with E-state index in [1.807, 2.05) is 31.2 Å². The number of rotatable bonds is 6. The fourth-order valence-electron chi connectivity index (χ4n) is 2.42. The van der Waals surface area contributed by atoms with Crippen molar-refractivity contribution in [2.45, 2.75) is 19.4 Å². The molecule has 0 radical (unpaired) electrons. The zero-order chi connectivity index (χ0) is 17.8. The van der Waals surface area contributed by atoms with Crippen molar-refractivity contribution in [3.05, 3.63) is 52.5 Å². The Balaban J connectivity index is 2.00. The maximum absolute atomic E-state index is 9.47. The minimum atomic E-state index is -0.0784. The van der Waals surface area contributed by atoms with Crippen LogP contribution in [0.2, 0.25) is 10.0 Å². The number of aliphatic hydroxyl groups is 1. The zero-order valence-electron chi connectivity index (χ0n) is 13.6. The van der Waals surface area contributed by atoms with Crippen LogP contribution in [0.4, 0.5) is 17.5 Å². The minimum Gasteiger partial charge on any atom is -0.394 e. The number of hydrogen-bond acceptors (Lipinski definition) is 5. The third kappa shape index (κ3) is 4.12. The van der Waals surface area contributed by atoms with E-state index in [9.17, 15) is 5.11 Å². The van der Waals surface area contributed by atoms with E-state index in [0.717, 1.165) is 17.3 Å². The molecule has 1 atom stereocenters. The molecule has 3 rings (SSSR count). The van der Waals surface area contributed by atoms with Crippen molar-refractivity contribution >= 4 is 51.6 Å². The van der Waals surface area contributed by atoms with Gasteiger partial charge >= 0.3 is 0 Å². The number of aromatic nitrogens is 2. The van der Waals surface area contributed by atoms with Crippen molar-refractivity contribution < 1.29 is 5.11 Å². The number of nitrogens with one attached hydrogen (secondary N) is 2. The van der Waals surface area contributed by atoms with Gasteiger partial charge in [-0.3, -0.25) is 0 Å². The van der Waals surface area contributed by atoms with Gasteiger partial charge in [0.05, 0.1) is 28.9 Å². The highest BCUT2D eigenvalue weighted by Gasteiger charge is 2.12. The molecule has 0 saturated heterocycles. The van der Waals surface area contributed by atoms with Gasteiger partial charge < -0.3 is 15.7 Å². The van der Waals surface area contributed by atoms with E-state index in [4.69, 9.17) is 23.2 Å². The van der Waals surface area contributed by atoms with Crippen LogP contribution in [0.25, 0.3) is 10.9 Å². The van der Waals surface area contributed by atoms with Crippen LogP contribution < -0.4 is 10.6 Å². The number of aliphatic hydroxyl groups excluding tert-OH is 1. The van der Waals surface area contributed by atoms with E-state index in [1.54, 1.807) is 18.2 Å². The van der Waals surface area contributed by atoms with Gasteiger partial charge in [-0.25, -0.2) is 4.98 Å². The second kappa shape index (κ2) is 7.87. The van der Waals surface area contributed by atoms with Crippen molar-refractivity contribution in [2.24, 2.45) is 0 Å². The highest BCUT2D eigenvalue weighted by molar-refractivity contribution is 6.36. The molecule has 1 heterocycles. The van der Waals surface area contributed by atoms with Gasteiger partial charge in [0.25, 0.3) is 0 Å². The first kappa shape index (κ1) is 17.7. The second-order valence-corrected chi connectivity index (χ2v) is 6.44. The number of halogens is 2. The van der Waals surface area contributed by atoms with E-state index in [0.29, 0.717) is 27.5 Å². The molecule has 3 aromatic rings. The summed E-state index contributed by atoms with van der Waals surface area (Å²) in [6.07, 6.45) is 0.778. The largest absolute Gasteiger partial charge is 0.394 e. The molecular weight excluding hydrogens is 359 g/mol. The normalized spacial score (nSPS) is 12.2. The average Bonchev–Trinajstić information content (AvgIpc) is 2.62. The molecule has 25 heavy (non-hydrogen) atoms. The van der Waals surface area contributed by atoms with Gasteiger partial charge in [0, 0.05) is 10.4 Å². The monoisotopic (exact) mass is 376 g/mol. The van der Waals surface area contributed by atoms with Crippen LogP contribution in [0.3, 0.4) is 0 Å². The first-order valence-electron chi connectivity index (χ1n) is 7.97. The topological polar surface area (TPSA) is 70.1 Å². The van der Waals surface area contributed by atoms with Crippen LogP contribution in [-0.4, -0.2) is 27.7 Å². The minimum absolute atomic E-state index is 0.0284. The summed E-state index contributed by atoms with van der Waals surface area (Å²) < 4.78 is 0. The molecule has 3 N–H and O–H groups in total. The molecule has 1 unspecified atom stereocenters. The van der Waals surface area contributed by atoms with Gasteiger partial charge in [0.1, 0.15) is 5.82 Å². The van der Waals surface area contributed by atoms with Gasteiger partial charge in [0.2, 0.25) is 5.95 Å². The van der Waals surface area contributed by atoms with Crippen LogP contribution >= 0.6 is 23.2 Å². The standard InChI is InChI=1S/C18H18Cl2N4O/c1-2-12(10-25)21-17-13-5-3-4-6-15(13)22-18(24-17)23-16-8-7-11(19)9-14(16)20/h3-9,12,25H,2,10H2,1H3,(H2,21,22,23,24). The summed E-state index contributed by atoms with van der Waals surface area (Å²) in [4.78, 5) is 9.10. The number of para-hydroxylation sites is 1. The lowest BCUT2D eigenvalue weighted by atomic mass is 10.2. The lowest BCUT2D eigenvalue weighted by Crippen LogP contribution is -2.23. The van der Waals surface area contributed by atoms with E-state index in [2.05, 4.69) is 20.6 Å². The van der Waals surface area contributed by atoms with Gasteiger partial charge in [-0.15, -0.1) is 0 Å². The molecule has 0 spiro atoms. The second-order valence-electron chi connectivity index (χ2n) is 5.59. The van der Waals surface area contributed by atoms with Crippen molar-refractivity contribution in [1.82, 2.24) is 9.97 Å². The Hall–Kier alpha value is -2.08. The molecule has 0 aliphatic heterocycles. The Morgan fingerprint density at radius 2 is 1.92 bits per heavy atom. The average molecular weight is 377 g/mol. The molecule has 0 saturated carbocycles. The molecule has 5 nitrogen and oxygen atoms in total. The third-order valence-corrected chi connectivity index (χ3v) is 4.38. The first-order valence-corrected chi connectivity index (χ1v) is 8.72. The lowest BCUT2D eigenvalue weighted by Gasteiger charge is -2.17. The zero-order valence-corrected chi connectivity index (χ0v) is 15.1. The summed E-state index contributed by atoms with van der Waals surface area (Å²) in [6, 6.07) is 12.8. The molecule has 2 aromatic carbocycles. The quantitative estimate of drug-likeness (QED) is 0.572. The molecule has 0 bridgehead atoms. The van der Waals surface area contributed by atoms with Crippen LogP contribution in [0.5, 0.6) is 0 Å². The van der Waals surface area contributed by atoms with Gasteiger partial charge in [-0.1, -0.05) is 42.3 Å². The number of anilines is 3. The fraction of sp³-hybridized carbons (Fsp3) is 0.222. The maximum atomic E-state index is 9.47. The highest BCUT2D eigenvalue weighted by Crippen LogP contribution is 2.29. The van der Waals surface area contributed by atoms with Crippen LogP contribution in [0, 0.1) is 0 Å². The third-order valence-electron chi connectivity index (χ3n) is 3.83. The predicted octanol–water partition coefficient (Wildman–Crippen LogP) is 4.86. The van der Waals surface area contributed by atoms with Crippen LogP contribution in [0.15, 0.2) is 42.5 Å². The fourth-order valence-corrected chi connectivity index (χ4v) is 2.88. The van der Waals surface area contributed by atoms with Crippen LogP contribution in [0.1, 0.15) is 13.3 Å². The molecular formula is C18H18Cl2N4O. The van der Waals surface area contributed by atoms with E-state index in [1.165, 1.54) is 0 Å². The Kier molecular flexibility index (Phi) is 5.58. The summed E-state index contributed by atoms with van der Waals surface area (Å²) in [7, 11) is 0. The molecule has 0 fully saturated rings. The molecule has 130 valence electrons. The Morgan fingerprint density at radius 3 is 2.64 bits per heavy atom. The summed E-state index contributed by atoms with van der Waals surface area (Å²) in [5, 5.41) is 17.8. The number of benzene rings is 2. The maximum Gasteiger partial charge on any atom is 0.229 e. The highest BCUT2D eigenvalue weighted by atomic mass is 35.5. The SMILES string of the molecule is CCC(CO)Nc1nc(Nc2ccc(Cl)cc2Cl)nc2ccccc12. The van der Waals surface area contributed by atoms with E-state index >= 15 is 0 Å². The van der Waals surface area contributed by atoms with E-state index in [-0.39, 0.29) is 12.6 Å². The molecule has 7 heteroatoms. The predicted molar refractivity (Wildman–Crippen MR) is 104 cm³/mol. The number of hydrogen-bond donors (Lipinski definition) is 3. The summed E-state index contributed by atoms with van der Waals surface area (Å²) in [5.41, 5.74) is 1.46. The number of nitrogens with zero attached hydrogens (tertiary/aromatic N) is 2. The summed E-state index contributed by atoms with van der Waals surface area (Å²) in [5.74, 6) is 1.08. The van der Waals surface area contributed by atoms with Crippen LogP contribution in [-0.2, 0) is 0 Å². The molecule has 0 aliphatic carbocycles. The van der Waals surface area contributed by atoms with Crippen molar-refractivity contribution in [3.8, 4) is 0 Å². The molecule has 0 amide bonds. The van der Waals surface area contributed by atoms with Gasteiger partial charge in [-0.2, -0.15) is 4.98 Å². The van der Waals surface area contributed by atoms with Gasteiger partial charge in [0.15, 0.2) is 0 Å². The van der Waals surface area contributed by atoms with Crippen molar-refractivity contribution in [3.63, 3.8) is 0 Å². The van der Waals surface area contributed by atoms with Crippen molar-refractivity contribution in [2.75, 3.05) is 17.2 Å². The van der Waals surface area contributed by atoms with Crippen molar-refractivity contribution in [1.29, 1.82) is 0 Å². The summed E-state index contributed by atoms with van der Waals surface area (Å²) in [6.45, 7) is 2.03. The van der Waals surface area contributed by atoms with Gasteiger partial charge in [-0.05, 0) is 36.8 Å². The lowest BCUT2D eigenvalue weighted by molar-refractivity contribution is 0.271. The summed E-state index contributed by atoms with van der Waals surface area (Å²) >= 11 is 12.2. The number of fused-ring (bicyclic) bond motifs is 1. The van der Waals surface area contributed by atoms with E-state index < -0.39 is 0 Å². The molecule has 0 aliphatic rings.